The number of hydrogen-bond donors (Lipinski definition) is 2. The largest absolute Gasteiger partial charge is 0.399 e. The number of nitrogens with two attached hydrogens (primary N) is 2. The minimum absolute atomic E-state index is 0.106. The van der Waals surface area contributed by atoms with Crippen molar-refractivity contribution in [1.82, 2.24) is 0 Å². The minimum Gasteiger partial charge on any atom is -0.399 e. The van der Waals surface area contributed by atoms with E-state index in [0.29, 0.717) is 11.3 Å². The molecule has 3 rings (SSSR count). The predicted octanol–water partition coefficient (Wildman–Crippen LogP) is 2.39. The zero-order valence-corrected chi connectivity index (χ0v) is 13.1. The third-order valence-electron chi connectivity index (χ3n) is 3.22. The van der Waals surface area contributed by atoms with Gasteiger partial charge in [-0.1, -0.05) is 12.1 Å². The van der Waals surface area contributed by atoms with Crippen LogP contribution in [0, 0.1) is 0 Å². The molecule has 2 heterocycles. The molecule has 0 unspecified atom stereocenters. The highest BCUT2D eigenvalue weighted by Crippen LogP contribution is 2.49. The molecule has 7 heteroatoms. The van der Waals surface area contributed by atoms with Gasteiger partial charge in [-0.25, -0.2) is 13.6 Å². The van der Waals surface area contributed by atoms with Crippen molar-refractivity contribution in [3.05, 3.63) is 39.6 Å². The van der Waals surface area contributed by atoms with Crippen LogP contribution in [0.4, 0.5) is 5.69 Å². The number of thioether (sulfide) groups is 2. The van der Waals surface area contributed by atoms with Gasteiger partial charge < -0.3 is 5.73 Å². The quantitative estimate of drug-likeness (QED) is 0.815. The number of anilines is 1. The fraction of sp³-hybridized carbons (Fsp3) is 0.231. The number of sulfonamides is 1. The number of nitrogen functional groups attached to an aromatic ring is 1. The molecule has 0 fully saturated rings. The van der Waals surface area contributed by atoms with Crippen LogP contribution in [0.2, 0.25) is 0 Å². The van der Waals surface area contributed by atoms with Gasteiger partial charge in [0.05, 0.1) is 4.90 Å². The van der Waals surface area contributed by atoms with Crippen LogP contribution in [0.1, 0.15) is 12.0 Å². The van der Waals surface area contributed by atoms with E-state index in [-0.39, 0.29) is 4.90 Å². The molecular weight excluding hydrogens is 312 g/mol. The third kappa shape index (κ3) is 2.50. The first kappa shape index (κ1) is 14.1. The van der Waals surface area contributed by atoms with Gasteiger partial charge in [0.15, 0.2) is 0 Å². The third-order valence-corrected chi connectivity index (χ3v) is 6.55. The van der Waals surface area contributed by atoms with E-state index in [1.165, 1.54) is 15.9 Å². The first-order chi connectivity index (χ1) is 9.47. The van der Waals surface area contributed by atoms with Gasteiger partial charge in [0.2, 0.25) is 10.0 Å². The van der Waals surface area contributed by atoms with Gasteiger partial charge in [-0.3, -0.25) is 0 Å². The van der Waals surface area contributed by atoms with E-state index in [9.17, 15) is 8.42 Å². The number of allylic oxidation sites excluding steroid dienone is 2. The number of primary sulfonamides is 1. The molecule has 1 aromatic rings. The van der Waals surface area contributed by atoms with Crippen LogP contribution >= 0.6 is 23.5 Å². The summed E-state index contributed by atoms with van der Waals surface area (Å²) in [6, 6.07) is 4.90. The van der Waals surface area contributed by atoms with Crippen LogP contribution in [0.3, 0.4) is 0 Å². The Morgan fingerprint density at radius 3 is 2.75 bits per heavy atom. The van der Waals surface area contributed by atoms with E-state index in [0.717, 1.165) is 23.5 Å². The van der Waals surface area contributed by atoms with Gasteiger partial charge in [0.25, 0.3) is 0 Å². The summed E-state index contributed by atoms with van der Waals surface area (Å²) in [6.45, 7) is 0. The molecule has 0 saturated carbocycles. The maximum atomic E-state index is 11.8. The molecule has 4 N–H and O–H groups in total. The summed E-state index contributed by atoms with van der Waals surface area (Å²) < 4.78 is 23.6. The highest BCUT2D eigenvalue weighted by molar-refractivity contribution is 8.08. The van der Waals surface area contributed by atoms with Crippen LogP contribution in [0.5, 0.6) is 0 Å². The Morgan fingerprint density at radius 2 is 2.00 bits per heavy atom. The lowest BCUT2D eigenvalue weighted by Gasteiger charge is -2.18. The molecule has 2 aliphatic rings. The lowest BCUT2D eigenvalue weighted by atomic mass is 10.0. The second-order valence-corrected chi connectivity index (χ2v) is 8.33. The van der Waals surface area contributed by atoms with Crippen LogP contribution < -0.4 is 10.9 Å². The van der Waals surface area contributed by atoms with Crippen LogP contribution in [0.15, 0.2) is 39.0 Å². The standard InChI is InChI=1S/C13H14N2O2S3/c14-8-1-2-9(12(7-8)20(15,16)17)10-3-5-18-11-4-6-19-13(10)11/h1-3,7H,4-6,14H2,(H2,15,16,17). The van der Waals surface area contributed by atoms with Crippen molar-refractivity contribution in [2.45, 2.75) is 11.3 Å². The zero-order valence-electron chi connectivity index (χ0n) is 10.6. The number of hydrogen-bond acceptors (Lipinski definition) is 5. The number of benzene rings is 1. The summed E-state index contributed by atoms with van der Waals surface area (Å²) in [4.78, 5) is 2.65. The Labute approximate surface area is 126 Å². The summed E-state index contributed by atoms with van der Waals surface area (Å²) >= 11 is 3.60. The van der Waals surface area contributed by atoms with Crippen LogP contribution in [-0.4, -0.2) is 19.9 Å². The zero-order chi connectivity index (χ0) is 14.3. The summed E-state index contributed by atoms with van der Waals surface area (Å²) in [6.07, 6.45) is 3.13. The highest BCUT2D eigenvalue weighted by Gasteiger charge is 2.26. The molecule has 0 radical (unpaired) electrons. The fourth-order valence-corrected chi connectivity index (χ4v) is 5.68. The van der Waals surface area contributed by atoms with E-state index >= 15 is 0 Å². The Balaban J connectivity index is 2.18. The van der Waals surface area contributed by atoms with Crippen molar-refractivity contribution in [2.24, 2.45) is 5.14 Å². The molecule has 4 nitrogen and oxygen atoms in total. The Kier molecular flexibility index (Phi) is 3.62. The molecule has 2 aliphatic heterocycles. The molecular formula is C13H14N2O2S3. The topological polar surface area (TPSA) is 86.2 Å². The van der Waals surface area contributed by atoms with Crippen molar-refractivity contribution in [2.75, 3.05) is 17.2 Å². The van der Waals surface area contributed by atoms with E-state index in [1.807, 2.05) is 11.8 Å². The van der Waals surface area contributed by atoms with Crippen LogP contribution in [0.25, 0.3) is 5.57 Å². The summed E-state index contributed by atoms with van der Waals surface area (Å²) in [5, 5.41) is 5.33. The number of rotatable bonds is 2. The van der Waals surface area contributed by atoms with E-state index < -0.39 is 10.0 Å². The van der Waals surface area contributed by atoms with Crippen molar-refractivity contribution in [3.8, 4) is 0 Å². The smallest absolute Gasteiger partial charge is 0.238 e. The molecule has 106 valence electrons. The van der Waals surface area contributed by atoms with E-state index in [2.05, 4.69) is 6.08 Å². The SMILES string of the molecule is Nc1ccc(C2=CCSC3=C2SCC3)c(S(N)(=O)=O)c1. The Bertz CT molecular complexity index is 736. The van der Waals surface area contributed by atoms with Gasteiger partial charge in [-0.15, -0.1) is 23.5 Å². The molecule has 1 aromatic carbocycles. The monoisotopic (exact) mass is 326 g/mol. The summed E-state index contributed by atoms with van der Waals surface area (Å²) in [5.41, 5.74) is 7.73. The average molecular weight is 326 g/mol. The van der Waals surface area contributed by atoms with Gasteiger partial charge in [0.1, 0.15) is 0 Å². The maximum Gasteiger partial charge on any atom is 0.238 e. The molecule has 0 saturated heterocycles. The molecule has 0 atom stereocenters. The Morgan fingerprint density at radius 1 is 1.20 bits per heavy atom. The van der Waals surface area contributed by atoms with Crippen molar-refractivity contribution >= 4 is 44.8 Å². The minimum atomic E-state index is -3.79. The van der Waals surface area contributed by atoms with Crippen LogP contribution in [-0.2, 0) is 10.0 Å². The predicted molar refractivity (Wildman–Crippen MR) is 86.8 cm³/mol. The second-order valence-electron chi connectivity index (χ2n) is 4.58. The molecule has 0 aliphatic carbocycles. The Hall–Kier alpha value is -0.890. The van der Waals surface area contributed by atoms with E-state index in [1.54, 1.807) is 23.9 Å². The van der Waals surface area contributed by atoms with Gasteiger partial charge in [-0.05, 0) is 24.1 Å². The molecule has 0 aromatic heterocycles. The fourth-order valence-electron chi connectivity index (χ4n) is 2.35. The molecule has 0 amide bonds. The molecule has 0 spiro atoms. The van der Waals surface area contributed by atoms with Gasteiger partial charge in [0, 0.05) is 32.6 Å². The van der Waals surface area contributed by atoms with Gasteiger partial charge in [-0.2, -0.15) is 0 Å². The normalized spacial score (nSPS) is 18.9. The first-order valence-electron chi connectivity index (χ1n) is 6.09. The van der Waals surface area contributed by atoms with Crippen molar-refractivity contribution < 1.29 is 8.42 Å². The van der Waals surface area contributed by atoms with Crippen molar-refractivity contribution in [1.29, 1.82) is 0 Å². The van der Waals surface area contributed by atoms with E-state index in [4.69, 9.17) is 10.9 Å². The molecule has 20 heavy (non-hydrogen) atoms. The average Bonchev–Trinajstić information content (AvgIpc) is 2.86. The van der Waals surface area contributed by atoms with Gasteiger partial charge >= 0.3 is 0 Å². The maximum absolute atomic E-state index is 11.8. The van der Waals surface area contributed by atoms with Crippen molar-refractivity contribution in [3.63, 3.8) is 0 Å². The lowest BCUT2D eigenvalue weighted by Crippen LogP contribution is -2.15. The summed E-state index contributed by atoms with van der Waals surface area (Å²) in [5.74, 6) is 1.91. The lowest BCUT2D eigenvalue weighted by molar-refractivity contribution is 0.597. The highest BCUT2D eigenvalue weighted by atomic mass is 32.2. The summed E-state index contributed by atoms with van der Waals surface area (Å²) in [7, 11) is -3.79. The second kappa shape index (κ2) is 5.14. The molecule has 0 bridgehead atoms. The first-order valence-corrected chi connectivity index (χ1v) is 9.60.